The number of amides is 1. The number of ether oxygens (including phenoxy) is 2. The van der Waals surface area contributed by atoms with Crippen molar-refractivity contribution in [1.82, 2.24) is 15.5 Å². The summed E-state index contributed by atoms with van der Waals surface area (Å²) in [6.45, 7) is 0.428. The number of carbonyl (C=O) groups is 2. The summed E-state index contributed by atoms with van der Waals surface area (Å²) in [7, 11) is 1.53. The van der Waals surface area contributed by atoms with Crippen molar-refractivity contribution < 1.29 is 23.6 Å². The second kappa shape index (κ2) is 9.75. The summed E-state index contributed by atoms with van der Waals surface area (Å²) in [5, 5.41) is 7.01. The Labute approximate surface area is 149 Å². The van der Waals surface area contributed by atoms with E-state index in [1.54, 1.807) is 24.3 Å². The first-order valence-electron chi connectivity index (χ1n) is 7.58. The van der Waals surface area contributed by atoms with Gasteiger partial charge >= 0.3 is 5.97 Å². The molecule has 9 heteroatoms. The Morgan fingerprint density at radius 3 is 2.76 bits per heavy atom. The van der Waals surface area contributed by atoms with Crippen LogP contribution >= 0.6 is 11.6 Å². The number of hydrogen-bond acceptors (Lipinski definition) is 7. The number of halogens is 1. The molecule has 1 aromatic heterocycles. The number of hydrogen-bond donors (Lipinski definition) is 1. The Morgan fingerprint density at radius 1 is 1.28 bits per heavy atom. The minimum atomic E-state index is -0.520. The summed E-state index contributed by atoms with van der Waals surface area (Å²) in [4.78, 5) is 27.2. The average molecular weight is 368 g/mol. The van der Waals surface area contributed by atoms with Crippen LogP contribution in [-0.2, 0) is 25.5 Å². The summed E-state index contributed by atoms with van der Waals surface area (Å²) < 4.78 is 14.8. The molecule has 1 N–H and O–H groups in total. The van der Waals surface area contributed by atoms with E-state index in [-0.39, 0.29) is 25.4 Å². The Bertz CT molecular complexity index is 702. The first kappa shape index (κ1) is 18.9. The number of rotatable bonds is 9. The number of benzene rings is 1. The lowest BCUT2D eigenvalue weighted by Crippen LogP contribution is -2.31. The molecule has 1 amide bonds. The van der Waals surface area contributed by atoms with E-state index in [1.165, 1.54) is 7.11 Å². The molecule has 0 aliphatic heterocycles. The van der Waals surface area contributed by atoms with Crippen LogP contribution in [0.4, 0.5) is 0 Å². The van der Waals surface area contributed by atoms with Crippen LogP contribution in [0.3, 0.4) is 0 Å². The van der Waals surface area contributed by atoms with E-state index in [1.807, 2.05) is 0 Å². The molecule has 0 atom stereocenters. The van der Waals surface area contributed by atoms with Gasteiger partial charge in [0.15, 0.2) is 6.61 Å². The zero-order chi connectivity index (χ0) is 18.1. The van der Waals surface area contributed by atoms with Crippen LogP contribution in [0.5, 0.6) is 0 Å². The van der Waals surface area contributed by atoms with Gasteiger partial charge in [0.25, 0.3) is 5.91 Å². The molecule has 0 aliphatic carbocycles. The highest BCUT2D eigenvalue weighted by molar-refractivity contribution is 6.30. The predicted octanol–water partition coefficient (Wildman–Crippen LogP) is 1.63. The van der Waals surface area contributed by atoms with Gasteiger partial charge in [-0.25, -0.2) is 0 Å². The van der Waals surface area contributed by atoms with Gasteiger partial charge in [-0.05, 0) is 24.3 Å². The molecule has 0 saturated heterocycles. The van der Waals surface area contributed by atoms with Crippen molar-refractivity contribution in [3.8, 4) is 11.4 Å². The normalized spacial score (nSPS) is 10.5. The fraction of sp³-hybridized carbons (Fsp3) is 0.375. The van der Waals surface area contributed by atoms with Gasteiger partial charge in [-0.3, -0.25) is 9.59 Å². The second-order valence-electron chi connectivity index (χ2n) is 5.02. The van der Waals surface area contributed by atoms with Crippen LogP contribution in [0.15, 0.2) is 28.8 Å². The summed E-state index contributed by atoms with van der Waals surface area (Å²) in [5.74, 6) is -0.176. The highest BCUT2D eigenvalue weighted by Crippen LogP contribution is 2.18. The van der Waals surface area contributed by atoms with Gasteiger partial charge in [0.1, 0.15) is 0 Å². The van der Waals surface area contributed by atoms with Gasteiger partial charge in [0, 0.05) is 30.7 Å². The molecule has 0 radical (unpaired) electrons. The number of methoxy groups -OCH3 is 1. The van der Waals surface area contributed by atoms with Crippen molar-refractivity contribution in [2.45, 2.75) is 12.8 Å². The number of aryl methyl sites for hydroxylation is 1. The molecule has 0 aliphatic rings. The van der Waals surface area contributed by atoms with Crippen LogP contribution in [-0.4, -0.2) is 48.9 Å². The molecular formula is C16H18ClN3O5. The standard InChI is InChI=1S/C16H18ClN3O5/c1-23-9-8-18-13(21)10-24-15(22)7-6-14-19-16(20-25-14)11-2-4-12(17)5-3-11/h2-5H,6-10H2,1H3,(H,18,21). The Hall–Kier alpha value is -2.45. The first-order valence-corrected chi connectivity index (χ1v) is 7.96. The summed E-state index contributed by atoms with van der Waals surface area (Å²) in [6, 6.07) is 6.99. The van der Waals surface area contributed by atoms with Crippen LogP contribution in [0.25, 0.3) is 11.4 Å². The first-order chi connectivity index (χ1) is 12.1. The fourth-order valence-corrected chi connectivity index (χ4v) is 1.97. The Morgan fingerprint density at radius 2 is 2.04 bits per heavy atom. The number of nitrogens with one attached hydrogen (secondary N) is 1. The molecule has 0 fully saturated rings. The molecule has 0 spiro atoms. The maximum Gasteiger partial charge on any atom is 0.306 e. The van der Waals surface area contributed by atoms with Gasteiger partial charge < -0.3 is 19.3 Å². The topological polar surface area (TPSA) is 104 Å². The molecular weight excluding hydrogens is 350 g/mol. The smallest absolute Gasteiger partial charge is 0.306 e. The third-order valence-electron chi connectivity index (χ3n) is 3.11. The average Bonchev–Trinajstić information content (AvgIpc) is 3.08. The third kappa shape index (κ3) is 6.52. The minimum Gasteiger partial charge on any atom is -0.456 e. The van der Waals surface area contributed by atoms with Crippen LogP contribution in [0.1, 0.15) is 12.3 Å². The lowest BCUT2D eigenvalue weighted by atomic mass is 10.2. The van der Waals surface area contributed by atoms with E-state index in [4.69, 9.17) is 25.6 Å². The zero-order valence-electron chi connectivity index (χ0n) is 13.7. The van der Waals surface area contributed by atoms with E-state index < -0.39 is 5.97 Å². The van der Waals surface area contributed by atoms with Crippen LogP contribution in [0.2, 0.25) is 5.02 Å². The number of esters is 1. The Balaban J connectivity index is 1.73. The van der Waals surface area contributed by atoms with Crippen LogP contribution < -0.4 is 5.32 Å². The summed E-state index contributed by atoms with van der Waals surface area (Å²) in [5.41, 5.74) is 0.759. The predicted molar refractivity (Wildman–Crippen MR) is 88.9 cm³/mol. The molecule has 0 bridgehead atoms. The lowest BCUT2D eigenvalue weighted by Gasteiger charge is -2.05. The minimum absolute atomic E-state index is 0.0353. The van der Waals surface area contributed by atoms with E-state index in [0.29, 0.717) is 29.9 Å². The van der Waals surface area contributed by atoms with E-state index in [2.05, 4.69) is 15.5 Å². The maximum atomic E-state index is 11.6. The lowest BCUT2D eigenvalue weighted by molar-refractivity contribution is -0.148. The monoisotopic (exact) mass is 367 g/mol. The molecule has 0 unspecified atom stereocenters. The van der Waals surface area contributed by atoms with Gasteiger partial charge in [-0.1, -0.05) is 16.8 Å². The van der Waals surface area contributed by atoms with E-state index >= 15 is 0 Å². The molecule has 8 nitrogen and oxygen atoms in total. The molecule has 1 aromatic carbocycles. The van der Waals surface area contributed by atoms with Gasteiger partial charge in [0.05, 0.1) is 13.0 Å². The number of aromatic nitrogens is 2. The molecule has 1 heterocycles. The largest absolute Gasteiger partial charge is 0.456 e. The molecule has 2 aromatic rings. The highest BCUT2D eigenvalue weighted by atomic mass is 35.5. The summed E-state index contributed by atoms with van der Waals surface area (Å²) in [6.07, 6.45) is 0.262. The van der Waals surface area contributed by atoms with Crippen LogP contribution in [0, 0.1) is 0 Å². The number of nitrogens with zero attached hydrogens (tertiary/aromatic N) is 2. The SMILES string of the molecule is COCCNC(=O)COC(=O)CCc1nc(-c2ccc(Cl)cc2)no1. The quantitative estimate of drug-likeness (QED) is 0.530. The fourth-order valence-electron chi connectivity index (χ4n) is 1.84. The van der Waals surface area contributed by atoms with Crippen molar-refractivity contribution in [1.29, 1.82) is 0 Å². The molecule has 134 valence electrons. The van der Waals surface area contributed by atoms with Gasteiger partial charge in [-0.15, -0.1) is 0 Å². The zero-order valence-corrected chi connectivity index (χ0v) is 14.4. The van der Waals surface area contributed by atoms with Gasteiger partial charge in [0.2, 0.25) is 11.7 Å². The molecule has 25 heavy (non-hydrogen) atoms. The van der Waals surface area contributed by atoms with Gasteiger partial charge in [-0.2, -0.15) is 4.98 Å². The second-order valence-corrected chi connectivity index (χ2v) is 5.46. The highest BCUT2D eigenvalue weighted by Gasteiger charge is 2.12. The summed E-state index contributed by atoms with van der Waals surface area (Å²) >= 11 is 5.83. The van der Waals surface area contributed by atoms with Crippen molar-refractivity contribution >= 4 is 23.5 Å². The van der Waals surface area contributed by atoms with Crippen molar-refractivity contribution in [3.05, 3.63) is 35.2 Å². The maximum absolute atomic E-state index is 11.6. The molecule has 2 rings (SSSR count). The van der Waals surface area contributed by atoms with Crippen molar-refractivity contribution in [2.24, 2.45) is 0 Å². The van der Waals surface area contributed by atoms with Crippen molar-refractivity contribution in [2.75, 3.05) is 26.9 Å². The molecule has 0 saturated carbocycles. The third-order valence-corrected chi connectivity index (χ3v) is 3.36. The Kier molecular flexibility index (Phi) is 7.36. The van der Waals surface area contributed by atoms with Crippen molar-refractivity contribution in [3.63, 3.8) is 0 Å². The van der Waals surface area contributed by atoms with E-state index in [0.717, 1.165) is 5.56 Å². The number of carbonyl (C=O) groups excluding carboxylic acids is 2. The van der Waals surface area contributed by atoms with E-state index in [9.17, 15) is 9.59 Å².